The highest BCUT2D eigenvalue weighted by molar-refractivity contribution is 6.31. The fourth-order valence-corrected chi connectivity index (χ4v) is 5.43. The van der Waals surface area contributed by atoms with Crippen LogP contribution in [0.3, 0.4) is 0 Å². The summed E-state index contributed by atoms with van der Waals surface area (Å²) in [5, 5.41) is 11.8. The minimum Gasteiger partial charge on any atom is -0.351 e. The molecule has 1 saturated heterocycles. The Balaban J connectivity index is 0.00000423. The first-order valence-corrected chi connectivity index (χ1v) is 13.3. The Labute approximate surface area is 249 Å². The van der Waals surface area contributed by atoms with Crippen LogP contribution in [0.2, 0.25) is 5.02 Å². The average Bonchev–Trinajstić information content (AvgIpc) is 3.34. The second kappa shape index (κ2) is 12.4. The third-order valence-electron chi connectivity index (χ3n) is 7.19. The summed E-state index contributed by atoms with van der Waals surface area (Å²) in [6.45, 7) is 0. The lowest BCUT2D eigenvalue weighted by Gasteiger charge is -2.39. The fraction of sp³-hybridized carbons (Fsp3) is 0.300. The molecule has 0 radical (unpaired) electrons. The number of aromatic nitrogens is 1. The van der Waals surface area contributed by atoms with E-state index in [-0.39, 0.29) is 42.2 Å². The van der Waals surface area contributed by atoms with E-state index in [0.29, 0.717) is 4.90 Å². The molecule has 1 aromatic heterocycles. The zero-order valence-corrected chi connectivity index (χ0v) is 22.5. The summed E-state index contributed by atoms with van der Waals surface area (Å²) < 4.78 is 57.1. The number of anilines is 2. The predicted octanol–water partition coefficient (Wildman–Crippen LogP) is 5.70. The van der Waals surface area contributed by atoms with Gasteiger partial charge in [-0.2, -0.15) is 5.26 Å². The minimum absolute atomic E-state index is 0. The number of amides is 3. The first kappa shape index (κ1) is 31.4. The van der Waals surface area contributed by atoms with E-state index in [1.54, 1.807) is 6.07 Å². The van der Waals surface area contributed by atoms with Crippen LogP contribution in [0.15, 0.2) is 60.8 Å². The third-order valence-corrected chi connectivity index (χ3v) is 7.53. The number of carbonyl (C=O) groups excluding carboxylic acids is 3. The van der Waals surface area contributed by atoms with Crippen LogP contribution in [0.4, 0.5) is 29.1 Å². The number of nitrogens with zero attached hydrogens (tertiary/aromatic N) is 4. The largest absolute Gasteiger partial charge is 0.351 e. The number of carbonyl (C=O) groups is 3. The SMILES string of the molecule is C.N#Cc1ccnc(N2C(=O)CC[C@H]2C(=O)N(c2cccc(F)c2F)[C@H](C(=O)NC2CC(F)(F)C2)c2ccccc2Cl)c1. The van der Waals surface area contributed by atoms with Gasteiger partial charge in [0.15, 0.2) is 11.6 Å². The monoisotopic (exact) mass is 615 g/mol. The minimum atomic E-state index is -2.97. The maximum atomic E-state index is 15.4. The Morgan fingerprint density at radius 2 is 1.86 bits per heavy atom. The number of rotatable bonds is 7. The lowest BCUT2D eigenvalue weighted by molar-refractivity contribution is -0.133. The van der Waals surface area contributed by atoms with Crippen LogP contribution in [0.5, 0.6) is 0 Å². The standard InChI is InChI=1S/C29H22ClF4N5O3.CH4/c30-19-5-2-1-4-18(19)26(27(41)37-17-13-29(33,34)14-17)39(21-7-3-6-20(31)25(21)32)28(42)22-8-9-24(40)38(22)23-12-16(15-35)10-11-36-23;/h1-7,10-12,17,22,26H,8-9,13-14H2,(H,37,41);1H4/t22-,26-;/m0./s1. The summed E-state index contributed by atoms with van der Waals surface area (Å²) in [7, 11) is 0. The Kier molecular flexibility index (Phi) is 9.06. The second-order valence-corrected chi connectivity index (χ2v) is 10.4. The number of nitrogens with one attached hydrogen (secondary N) is 1. The van der Waals surface area contributed by atoms with Crippen molar-refractivity contribution in [2.24, 2.45) is 0 Å². The topological polar surface area (TPSA) is 106 Å². The molecule has 2 aromatic carbocycles. The number of hydrogen-bond donors (Lipinski definition) is 1. The number of hydrogen-bond acceptors (Lipinski definition) is 5. The van der Waals surface area contributed by atoms with Gasteiger partial charge in [0.05, 0.1) is 17.3 Å². The Morgan fingerprint density at radius 3 is 2.53 bits per heavy atom. The summed E-state index contributed by atoms with van der Waals surface area (Å²) in [5.41, 5.74) is -0.457. The van der Waals surface area contributed by atoms with E-state index >= 15 is 4.39 Å². The average molecular weight is 616 g/mol. The van der Waals surface area contributed by atoms with Gasteiger partial charge in [-0.05, 0) is 36.8 Å². The molecule has 3 amide bonds. The smallest absolute Gasteiger partial charge is 0.252 e. The molecule has 1 aliphatic heterocycles. The zero-order chi connectivity index (χ0) is 30.2. The van der Waals surface area contributed by atoms with Crippen molar-refractivity contribution in [1.82, 2.24) is 10.3 Å². The molecule has 43 heavy (non-hydrogen) atoms. The maximum Gasteiger partial charge on any atom is 0.252 e. The van der Waals surface area contributed by atoms with Gasteiger partial charge in [0.1, 0.15) is 17.9 Å². The van der Waals surface area contributed by atoms with Gasteiger partial charge in [-0.3, -0.25) is 24.2 Å². The Hall–Kier alpha value is -4.50. The van der Waals surface area contributed by atoms with E-state index in [2.05, 4.69) is 10.3 Å². The molecule has 224 valence electrons. The number of benzene rings is 2. The van der Waals surface area contributed by atoms with E-state index in [1.807, 2.05) is 6.07 Å². The molecule has 0 bridgehead atoms. The molecule has 0 spiro atoms. The van der Waals surface area contributed by atoms with Crippen molar-refractivity contribution in [2.75, 3.05) is 9.80 Å². The van der Waals surface area contributed by atoms with Gasteiger partial charge >= 0.3 is 0 Å². The second-order valence-electron chi connectivity index (χ2n) is 10.0. The van der Waals surface area contributed by atoms with Gasteiger partial charge in [0, 0.05) is 42.1 Å². The van der Waals surface area contributed by atoms with Crippen LogP contribution >= 0.6 is 11.6 Å². The maximum absolute atomic E-state index is 15.4. The van der Waals surface area contributed by atoms with Crippen molar-refractivity contribution in [2.45, 2.75) is 57.2 Å². The molecule has 3 aromatic rings. The fourth-order valence-electron chi connectivity index (χ4n) is 5.19. The van der Waals surface area contributed by atoms with Crippen LogP contribution < -0.4 is 15.1 Å². The lowest BCUT2D eigenvalue weighted by Crippen LogP contribution is -2.56. The van der Waals surface area contributed by atoms with Gasteiger partial charge < -0.3 is 5.32 Å². The molecule has 2 aliphatic rings. The molecule has 0 unspecified atom stereocenters. The van der Waals surface area contributed by atoms with E-state index < -0.39 is 71.9 Å². The summed E-state index contributed by atoms with van der Waals surface area (Å²) in [5.74, 6) is -8.22. The molecule has 1 aliphatic carbocycles. The zero-order valence-electron chi connectivity index (χ0n) is 21.7. The van der Waals surface area contributed by atoms with Crippen LogP contribution in [-0.4, -0.2) is 40.7 Å². The molecule has 5 rings (SSSR count). The molecular formula is C30H26ClF4N5O3. The number of pyridine rings is 1. The molecule has 1 saturated carbocycles. The molecule has 2 atom stereocenters. The van der Waals surface area contributed by atoms with Crippen molar-refractivity contribution in [3.05, 3.63) is 88.6 Å². The molecular weight excluding hydrogens is 590 g/mol. The summed E-state index contributed by atoms with van der Waals surface area (Å²) in [4.78, 5) is 47.0. The van der Waals surface area contributed by atoms with Crippen LogP contribution in [-0.2, 0) is 14.4 Å². The highest BCUT2D eigenvalue weighted by atomic mass is 35.5. The van der Waals surface area contributed by atoms with Gasteiger partial charge in [-0.25, -0.2) is 22.5 Å². The first-order valence-electron chi connectivity index (χ1n) is 12.9. The lowest BCUT2D eigenvalue weighted by atomic mass is 9.87. The highest BCUT2D eigenvalue weighted by Crippen LogP contribution is 2.40. The molecule has 1 N–H and O–H groups in total. The summed E-state index contributed by atoms with van der Waals surface area (Å²) >= 11 is 6.43. The van der Waals surface area contributed by atoms with Crippen LogP contribution in [0.1, 0.15) is 50.3 Å². The predicted molar refractivity (Wildman–Crippen MR) is 150 cm³/mol. The van der Waals surface area contributed by atoms with E-state index in [0.717, 1.165) is 23.1 Å². The Bertz CT molecular complexity index is 1610. The molecule has 2 heterocycles. The summed E-state index contributed by atoms with van der Waals surface area (Å²) in [6.07, 6.45) is -0.187. The Morgan fingerprint density at radius 1 is 1.14 bits per heavy atom. The summed E-state index contributed by atoms with van der Waals surface area (Å²) in [6, 6.07) is 9.52. The van der Waals surface area contributed by atoms with Gasteiger partial charge in [0.25, 0.3) is 11.8 Å². The number of nitriles is 1. The van der Waals surface area contributed by atoms with Crippen molar-refractivity contribution < 1.29 is 31.9 Å². The van der Waals surface area contributed by atoms with E-state index in [4.69, 9.17) is 11.6 Å². The van der Waals surface area contributed by atoms with E-state index in [9.17, 15) is 32.8 Å². The highest BCUT2D eigenvalue weighted by Gasteiger charge is 2.49. The van der Waals surface area contributed by atoms with Gasteiger partial charge in [-0.15, -0.1) is 0 Å². The van der Waals surface area contributed by atoms with Crippen molar-refractivity contribution in [3.63, 3.8) is 0 Å². The van der Waals surface area contributed by atoms with Crippen molar-refractivity contribution in [1.29, 1.82) is 5.26 Å². The first-order chi connectivity index (χ1) is 20.0. The molecule has 13 heteroatoms. The van der Waals surface area contributed by atoms with E-state index in [1.165, 1.54) is 36.5 Å². The van der Waals surface area contributed by atoms with Crippen molar-refractivity contribution >= 4 is 40.8 Å². The van der Waals surface area contributed by atoms with Gasteiger partial charge in [-0.1, -0.05) is 43.3 Å². The number of halogens is 5. The normalized spacial score (nSPS) is 18.2. The van der Waals surface area contributed by atoms with Crippen molar-refractivity contribution in [3.8, 4) is 6.07 Å². The quantitative estimate of drug-likeness (QED) is 0.343. The number of alkyl halides is 2. The van der Waals surface area contributed by atoms with Crippen LogP contribution in [0, 0.1) is 23.0 Å². The molecule has 2 fully saturated rings. The third kappa shape index (κ3) is 6.17. The molecule has 8 nitrogen and oxygen atoms in total. The van der Waals surface area contributed by atoms with Crippen LogP contribution in [0.25, 0.3) is 0 Å². The van der Waals surface area contributed by atoms with Gasteiger partial charge in [0.2, 0.25) is 11.8 Å².